The van der Waals surface area contributed by atoms with Gasteiger partial charge in [0.15, 0.2) is 6.10 Å². The van der Waals surface area contributed by atoms with Crippen molar-refractivity contribution in [1.82, 2.24) is 0 Å². The molecule has 0 aromatic rings. The number of hydrogen-bond donors (Lipinski definition) is 1. The second-order valence-corrected chi connectivity index (χ2v) is 27.3. The Bertz CT molecular complexity index is 1340. The van der Waals surface area contributed by atoms with Crippen molar-refractivity contribution in [2.45, 2.75) is 418 Å². The molecule has 0 aromatic carbocycles. The minimum absolute atomic E-state index is 0.172. The third-order valence-corrected chi connectivity index (χ3v) is 17.6. The highest BCUT2D eigenvalue weighted by molar-refractivity contribution is 5.71. The number of carbonyl (C=O) groups is 3. The van der Waals surface area contributed by atoms with Crippen molar-refractivity contribution in [2.24, 2.45) is 0 Å². The molecule has 9 heteroatoms. The number of aliphatic carboxylic acids is 1. The van der Waals surface area contributed by atoms with Gasteiger partial charge in [-0.05, 0) is 12.8 Å². The van der Waals surface area contributed by atoms with E-state index in [2.05, 4.69) is 13.8 Å². The Hall–Kier alpha value is -1.71. The summed E-state index contributed by atoms with van der Waals surface area (Å²) in [6.07, 6.45) is 78.2. The molecular formula is C75H148NO8+. The third kappa shape index (κ3) is 67.8. The number of esters is 2. The largest absolute Gasteiger partial charge is 0.477 e. The fourth-order valence-electron chi connectivity index (χ4n) is 11.8. The van der Waals surface area contributed by atoms with Crippen LogP contribution in [0, 0.1) is 0 Å². The van der Waals surface area contributed by atoms with Crippen LogP contribution in [-0.4, -0.2) is 87.4 Å². The maximum absolute atomic E-state index is 13.0. The second kappa shape index (κ2) is 67.2. The van der Waals surface area contributed by atoms with E-state index >= 15 is 0 Å². The Morgan fingerprint density at radius 2 is 0.536 bits per heavy atom. The summed E-state index contributed by atoms with van der Waals surface area (Å²) < 4.78 is 23.0. The molecule has 0 amide bonds. The average Bonchev–Trinajstić information content (AvgIpc) is 3.55. The van der Waals surface area contributed by atoms with E-state index in [1.54, 1.807) is 0 Å². The monoisotopic (exact) mass is 1190 g/mol. The fraction of sp³-hybridized carbons (Fsp3) is 0.960. The van der Waals surface area contributed by atoms with Gasteiger partial charge in [-0.15, -0.1) is 0 Å². The molecule has 0 aliphatic rings. The summed E-state index contributed by atoms with van der Waals surface area (Å²) in [5.41, 5.74) is 0. The first-order valence-corrected chi connectivity index (χ1v) is 37.7. The average molecular weight is 1190 g/mol. The predicted molar refractivity (Wildman–Crippen MR) is 360 cm³/mol. The maximum atomic E-state index is 13.0. The molecule has 0 spiro atoms. The van der Waals surface area contributed by atoms with Gasteiger partial charge >= 0.3 is 17.9 Å². The number of carboxylic acid groups (broad SMARTS) is 1. The Kier molecular flexibility index (Phi) is 65.9. The first kappa shape index (κ1) is 82.3. The minimum atomic E-state index is -1.50. The van der Waals surface area contributed by atoms with Gasteiger partial charge in [-0.25, -0.2) is 4.79 Å². The van der Waals surface area contributed by atoms with Crippen LogP contribution in [-0.2, 0) is 33.3 Å². The van der Waals surface area contributed by atoms with E-state index in [0.29, 0.717) is 17.4 Å². The SMILES string of the molecule is CCCCCCCCCCCCCCCCCCCCCCCCCCCCCCCCCCCCCC(=O)OC(COC(=O)CCCCCCCCCCCCCCCCCCCCCCCCCC)COC(OCC[N+](C)(C)C)C(=O)O. The van der Waals surface area contributed by atoms with Gasteiger partial charge in [-0.3, -0.25) is 9.59 Å². The topological polar surface area (TPSA) is 108 Å². The zero-order chi connectivity index (χ0) is 61.2. The Labute approximate surface area is 523 Å². The zero-order valence-electron chi connectivity index (χ0n) is 57.4. The molecule has 0 rings (SSSR count). The summed E-state index contributed by atoms with van der Waals surface area (Å²) in [5, 5.41) is 9.75. The molecule has 2 unspecified atom stereocenters. The van der Waals surface area contributed by atoms with E-state index in [1.807, 2.05) is 21.1 Å². The molecule has 0 fully saturated rings. The highest BCUT2D eigenvalue weighted by Gasteiger charge is 2.25. The van der Waals surface area contributed by atoms with Crippen LogP contribution in [0.25, 0.3) is 0 Å². The number of likely N-dealkylation sites (N-methyl/N-ethyl adjacent to an activating group) is 1. The van der Waals surface area contributed by atoms with Crippen molar-refractivity contribution >= 4 is 17.9 Å². The lowest BCUT2D eigenvalue weighted by molar-refractivity contribution is -0.870. The number of quaternary nitrogens is 1. The Morgan fingerprint density at radius 1 is 0.310 bits per heavy atom. The quantitative estimate of drug-likeness (QED) is 0.0278. The van der Waals surface area contributed by atoms with E-state index < -0.39 is 18.4 Å². The van der Waals surface area contributed by atoms with Crippen LogP contribution >= 0.6 is 0 Å². The molecule has 0 aliphatic carbocycles. The molecule has 9 nitrogen and oxygen atoms in total. The summed E-state index contributed by atoms with van der Waals surface area (Å²) in [7, 11) is 6.00. The van der Waals surface area contributed by atoms with E-state index in [1.165, 1.54) is 340 Å². The highest BCUT2D eigenvalue weighted by atomic mass is 16.7. The highest BCUT2D eigenvalue weighted by Crippen LogP contribution is 2.20. The molecule has 500 valence electrons. The smallest absolute Gasteiger partial charge is 0.361 e. The van der Waals surface area contributed by atoms with Gasteiger partial charge in [-0.2, -0.15) is 0 Å². The standard InChI is InChI=1S/C75H147NO8/c1-6-8-10-12-14-16-18-20-22-24-26-28-30-32-33-34-35-36-37-38-39-40-41-42-44-46-48-50-52-54-56-58-60-62-64-66-73(78)84-71(70-83-75(74(79)80)81-68-67-76(3,4)5)69-82-72(77)65-63-61-59-57-55-53-51-49-47-45-43-31-29-27-25-23-21-19-17-15-13-11-9-7-2/h71,75H,6-70H2,1-5H3/p+1. The van der Waals surface area contributed by atoms with Crippen LogP contribution in [0.15, 0.2) is 0 Å². The van der Waals surface area contributed by atoms with E-state index in [0.717, 1.165) is 38.5 Å². The fourth-order valence-corrected chi connectivity index (χ4v) is 11.8. The van der Waals surface area contributed by atoms with E-state index in [9.17, 15) is 19.5 Å². The molecular weight excluding hydrogens is 1040 g/mol. The Morgan fingerprint density at radius 3 is 0.762 bits per heavy atom. The molecule has 0 aromatic heterocycles. The normalized spacial score (nSPS) is 12.5. The summed E-state index contributed by atoms with van der Waals surface area (Å²) in [5.74, 6) is -1.96. The van der Waals surface area contributed by atoms with Gasteiger partial charge in [0.05, 0.1) is 34.4 Å². The van der Waals surface area contributed by atoms with Gasteiger partial charge < -0.3 is 28.5 Å². The van der Waals surface area contributed by atoms with Crippen molar-refractivity contribution in [3.05, 3.63) is 0 Å². The summed E-state index contributed by atoms with van der Waals surface area (Å²) >= 11 is 0. The third-order valence-electron chi connectivity index (χ3n) is 17.6. The number of unbranched alkanes of at least 4 members (excludes halogenated alkanes) is 57. The lowest BCUT2D eigenvalue weighted by Gasteiger charge is -2.25. The van der Waals surface area contributed by atoms with Gasteiger partial charge in [0.1, 0.15) is 13.2 Å². The van der Waals surface area contributed by atoms with Crippen molar-refractivity contribution in [3.8, 4) is 0 Å². The first-order valence-electron chi connectivity index (χ1n) is 37.7. The molecule has 0 saturated carbocycles. The maximum Gasteiger partial charge on any atom is 0.361 e. The lowest BCUT2D eigenvalue weighted by Crippen LogP contribution is -2.40. The first-order chi connectivity index (χ1) is 41.1. The molecule has 0 heterocycles. The zero-order valence-corrected chi connectivity index (χ0v) is 57.4. The van der Waals surface area contributed by atoms with Crippen LogP contribution in [0.3, 0.4) is 0 Å². The van der Waals surface area contributed by atoms with Gasteiger partial charge in [0.2, 0.25) is 0 Å². The number of nitrogens with zero attached hydrogens (tertiary/aromatic N) is 1. The van der Waals surface area contributed by atoms with Crippen LogP contribution in [0.1, 0.15) is 406 Å². The number of rotatable bonds is 72. The van der Waals surface area contributed by atoms with E-state index in [-0.39, 0.29) is 38.2 Å². The predicted octanol–water partition coefficient (Wildman–Crippen LogP) is 23.4. The second-order valence-electron chi connectivity index (χ2n) is 27.3. The molecule has 2 atom stereocenters. The minimum Gasteiger partial charge on any atom is -0.477 e. The van der Waals surface area contributed by atoms with Crippen molar-refractivity contribution in [3.63, 3.8) is 0 Å². The van der Waals surface area contributed by atoms with Crippen molar-refractivity contribution in [2.75, 3.05) is 47.5 Å². The molecule has 0 radical (unpaired) electrons. The lowest BCUT2D eigenvalue weighted by atomic mass is 10.0. The van der Waals surface area contributed by atoms with Gasteiger partial charge in [0.25, 0.3) is 6.29 Å². The summed E-state index contributed by atoms with van der Waals surface area (Å²) in [6, 6.07) is 0. The van der Waals surface area contributed by atoms with Crippen LogP contribution < -0.4 is 0 Å². The van der Waals surface area contributed by atoms with Crippen LogP contribution in [0.2, 0.25) is 0 Å². The summed E-state index contributed by atoms with van der Waals surface area (Å²) in [4.78, 5) is 37.6. The number of carbonyl (C=O) groups excluding carboxylic acids is 2. The molecule has 0 bridgehead atoms. The number of hydrogen-bond acceptors (Lipinski definition) is 7. The Balaban J connectivity index is 3.97. The van der Waals surface area contributed by atoms with Gasteiger partial charge in [0, 0.05) is 12.8 Å². The van der Waals surface area contributed by atoms with Crippen molar-refractivity contribution in [1.29, 1.82) is 0 Å². The van der Waals surface area contributed by atoms with Crippen LogP contribution in [0.5, 0.6) is 0 Å². The summed E-state index contributed by atoms with van der Waals surface area (Å²) in [6.45, 7) is 4.98. The molecule has 84 heavy (non-hydrogen) atoms. The number of carboxylic acids is 1. The van der Waals surface area contributed by atoms with Crippen LogP contribution in [0.4, 0.5) is 0 Å². The molecule has 1 N–H and O–H groups in total. The molecule has 0 saturated heterocycles. The van der Waals surface area contributed by atoms with E-state index in [4.69, 9.17) is 18.9 Å². The molecule has 0 aliphatic heterocycles. The number of ether oxygens (including phenoxy) is 4. The van der Waals surface area contributed by atoms with Gasteiger partial charge in [-0.1, -0.05) is 380 Å². The van der Waals surface area contributed by atoms with Crippen molar-refractivity contribution < 1.29 is 42.9 Å².